The van der Waals surface area contributed by atoms with E-state index in [0.29, 0.717) is 35.9 Å². The van der Waals surface area contributed by atoms with Crippen LogP contribution in [-0.2, 0) is 4.43 Å². The molecule has 5 atom stereocenters. The summed E-state index contributed by atoms with van der Waals surface area (Å²) in [6.45, 7) is 16.9. The van der Waals surface area contributed by atoms with E-state index in [4.69, 9.17) is 4.43 Å². The molecule has 0 radical (unpaired) electrons. The molecule has 2 rings (SSSR count). The lowest BCUT2D eigenvalue weighted by molar-refractivity contribution is -0.0919. The fourth-order valence-electron chi connectivity index (χ4n) is 5.12. The van der Waals surface area contributed by atoms with Gasteiger partial charge >= 0.3 is 0 Å². The summed E-state index contributed by atoms with van der Waals surface area (Å²) < 4.78 is 6.92. The molecule has 2 nitrogen and oxygen atoms in total. The Hall–Kier alpha value is 0.137. The summed E-state index contributed by atoms with van der Waals surface area (Å²) in [7, 11) is -1.71. The van der Waals surface area contributed by atoms with E-state index in [1.165, 1.54) is 38.5 Å². The lowest BCUT2D eigenvalue weighted by Crippen LogP contribution is -2.54. The highest BCUT2D eigenvalue weighted by atomic mass is 28.4. The van der Waals surface area contributed by atoms with Gasteiger partial charge < -0.3 is 9.53 Å². The average molecular weight is 341 g/mol. The summed E-state index contributed by atoms with van der Waals surface area (Å²) in [4.78, 5) is 0. The Morgan fingerprint density at radius 1 is 1.17 bits per heavy atom. The number of fused-ring (bicyclic) bond motifs is 1. The van der Waals surface area contributed by atoms with Gasteiger partial charge in [-0.15, -0.1) is 0 Å². The zero-order chi connectivity index (χ0) is 17.5. The van der Waals surface area contributed by atoms with Crippen molar-refractivity contribution in [1.82, 2.24) is 0 Å². The van der Waals surface area contributed by atoms with E-state index in [9.17, 15) is 5.11 Å². The van der Waals surface area contributed by atoms with Gasteiger partial charge in [-0.1, -0.05) is 47.5 Å². The molecule has 0 saturated heterocycles. The van der Waals surface area contributed by atoms with Crippen molar-refractivity contribution in [2.45, 2.75) is 97.4 Å². The van der Waals surface area contributed by atoms with Gasteiger partial charge in [0.2, 0.25) is 0 Å². The van der Waals surface area contributed by atoms with Crippen molar-refractivity contribution < 1.29 is 9.53 Å². The minimum Gasteiger partial charge on any atom is -0.414 e. The molecule has 3 heteroatoms. The predicted molar refractivity (Wildman–Crippen MR) is 101 cm³/mol. The van der Waals surface area contributed by atoms with Crippen LogP contribution in [0, 0.1) is 23.2 Å². The Balaban J connectivity index is 2.21. The SMILES string of the molecule is C[C@H](CO)[C@H]1CCC[C@H]2[C@@H](O[Si](C)(C)C(C)(C)C)CCC[C@]12C. The third-order valence-electron chi connectivity index (χ3n) is 7.60. The second kappa shape index (κ2) is 6.80. The first-order chi connectivity index (χ1) is 10.5. The van der Waals surface area contributed by atoms with Gasteiger partial charge in [-0.05, 0) is 67.0 Å². The Labute approximate surface area is 145 Å². The van der Waals surface area contributed by atoms with E-state index in [0.717, 1.165) is 0 Å². The molecule has 136 valence electrons. The molecule has 0 aliphatic heterocycles. The summed E-state index contributed by atoms with van der Waals surface area (Å²) in [6.07, 6.45) is 8.24. The quantitative estimate of drug-likeness (QED) is 0.674. The standard InChI is InChI=1S/C20H40O2Si/c1-15(14-21)16-10-8-11-17-18(12-9-13-20(16,17)5)22-23(6,7)19(2,3)4/h15-18,21H,8-14H2,1-7H3/t15-,16-,17+,18+,20-/m1/s1. The second-order valence-corrected chi connectivity index (χ2v) is 14.9. The van der Waals surface area contributed by atoms with Crippen molar-refractivity contribution in [3.05, 3.63) is 0 Å². The Morgan fingerprint density at radius 2 is 1.83 bits per heavy atom. The first-order valence-corrected chi connectivity index (χ1v) is 12.7. The van der Waals surface area contributed by atoms with Gasteiger partial charge in [0.25, 0.3) is 0 Å². The fourth-order valence-corrected chi connectivity index (χ4v) is 6.51. The number of hydrogen-bond acceptors (Lipinski definition) is 2. The van der Waals surface area contributed by atoms with E-state index in [1.807, 2.05) is 0 Å². The van der Waals surface area contributed by atoms with Gasteiger partial charge in [-0.25, -0.2) is 0 Å². The summed E-state index contributed by atoms with van der Waals surface area (Å²) in [5.41, 5.74) is 0.367. The fraction of sp³-hybridized carbons (Fsp3) is 1.00. The van der Waals surface area contributed by atoms with Crippen LogP contribution in [0.4, 0.5) is 0 Å². The van der Waals surface area contributed by atoms with Gasteiger partial charge in [0.15, 0.2) is 8.32 Å². The summed E-state index contributed by atoms with van der Waals surface area (Å²) in [5.74, 6) is 1.78. The van der Waals surface area contributed by atoms with Crippen LogP contribution in [0.1, 0.15) is 73.1 Å². The van der Waals surface area contributed by atoms with Gasteiger partial charge in [0, 0.05) is 12.7 Å². The first-order valence-electron chi connectivity index (χ1n) is 9.81. The highest BCUT2D eigenvalue weighted by Gasteiger charge is 2.52. The molecule has 0 unspecified atom stereocenters. The Bertz CT molecular complexity index is 401. The van der Waals surface area contributed by atoms with Crippen LogP contribution in [0.2, 0.25) is 18.1 Å². The highest BCUT2D eigenvalue weighted by molar-refractivity contribution is 6.74. The summed E-state index contributed by atoms with van der Waals surface area (Å²) in [6, 6.07) is 0. The monoisotopic (exact) mass is 340 g/mol. The lowest BCUT2D eigenvalue weighted by Gasteiger charge is -2.56. The minimum atomic E-state index is -1.71. The normalized spacial score (nSPS) is 37.3. The van der Waals surface area contributed by atoms with E-state index in [1.54, 1.807) is 0 Å². The van der Waals surface area contributed by atoms with Crippen molar-refractivity contribution in [3.8, 4) is 0 Å². The van der Waals surface area contributed by atoms with Crippen molar-refractivity contribution in [2.75, 3.05) is 6.61 Å². The molecule has 2 saturated carbocycles. The maximum atomic E-state index is 9.73. The average Bonchev–Trinajstić information content (AvgIpc) is 2.44. The zero-order valence-electron chi connectivity index (χ0n) is 16.6. The third kappa shape index (κ3) is 3.72. The molecule has 0 spiro atoms. The van der Waals surface area contributed by atoms with Crippen molar-refractivity contribution in [2.24, 2.45) is 23.2 Å². The Kier molecular flexibility index (Phi) is 5.75. The molecule has 1 N–H and O–H groups in total. The van der Waals surface area contributed by atoms with E-state index in [2.05, 4.69) is 47.7 Å². The van der Waals surface area contributed by atoms with Crippen LogP contribution < -0.4 is 0 Å². The molecule has 0 amide bonds. The van der Waals surface area contributed by atoms with Gasteiger partial charge in [0.05, 0.1) is 0 Å². The molecule has 0 bridgehead atoms. The van der Waals surface area contributed by atoms with Crippen LogP contribution in [0.15, 0.2) is 0 Å². The molecule has 0 aromatic heterocycles. The maximum absolute atomic E-state index is 9.73. The maximum Gasteiger partial charge on any atom is 0.192 e. The highest BCUT2D eigenvalue weighted by Crippen LogP contribution is 2.57. The van der Waals surface area contributed by atoms with E-state index in [-0.39, 0.29) is 5.04 Å². The number of aliphatic hydroxyl groups is 1. The zero-order valence-corrected chi connectivity index (χ0v) is 17.6. The Morgan fingerprint density at radius 3 is 2.39 bits per heavy atom. The van der Waals surface area contributed by atoms with E-state index < -0.39 is 8.32 Å². The summed E-state index contributed by atoms with van der Waals surface area (Å²) in [5, 5.41) is 10.0. The van der Waals surface area contributed by atoms with Crippen molar-refractivity contribution in [3.63, 3.8) is 0 Å². The molecule has 23 heavy (non-hydrogen) atoms. The van der Waals surface area contributed by atoms with Gasteiger partial charge in [0.1, 0.15) is 0 Å². The van der Waals surface area contributed by atoms with Crippen LogP contribution in [0.25, 0.3) is 0 Å². The molecule has 0 aromatic carbocycles. The second-order valence-electron chi connectivity index (χ2n) is 10.1. The topological polar surface area (TPSA) is 29.5 Å². The first kappa shape index (κ1) is 19.5. The summed E-state index contributed by atoms with van der Waals surface area (Å²) >= 11 is 0. The van der Waals surface area contributed by atoms with Crippen molar-refractivity contribution in [1.29, 1.82) is 0 Å². The third-order valence-corrected chi connectivity index (χ3v) is 12.1. The number of hydrogen-bond donors (Lipinski definition) is 1. The smallest absolute Gasteiger partial charge is 0.192 e. The van der Waals surface area contributed by atoms with Crippen LogP contribution in [0.3, 0.4) is 0 Å². The van der Waals surface area contributed by atoms with Crippen LogP contribution in [-0.4, -0.2) is 26.1 Å². The molecule has 2 aliphatic carbocycles. The minimum absolute atomic E-state index is 0.285. The largest absolute Gasteiger partial charge is 0.414 e. The molecular weight excluding hydrogens is 300 g/mol. The van der Waals surface area contributed by atoms with Gasteiger partial charge in [-0.3, -0.25) is 0 Å². The molecule has 2 fully saturated rings. The van der Waals surface area contributed by atoms with Crippen LogP contribution >= 0.6 is 0 Å². The lowest BCUT2D eigenvalue weighted by atomic mass is 9.52. The molecular formula is C20H40O2Si. The predicted octanol–water partition coefficient (Wildman–Crippen LogP) is 5.61. The number of aliphatic hydroxyl groups excluding tert-OH is 1. The van der Waals surface area contributed by atoms with E-state index >= 15 is 0 Å². The molecule has 2 aliphatic rings. The molecule has 0 aromatic rings. The van der Waals surface area contributed by atoms with Gasteiger partial charge in [-0.2, -0.15) is 0 Å². The van der Waals surface area contributed by atoms with Crippen LogP contribution in [0.5, 0.6) is 0 Å². The molecule has 0 heterocycles. The number of rotatable bonds is 4. The van der Waals surface area contributed by atoms with Crippen molar-refractivity contribution >= 4 is 8.32 Å².